The lowest BCUT2D eigenvalue weighted by atomic mass is 10.1. The van der Waals surface area contributed by atoms with Crippen LogP contribution in [0.2, 0.25) is 0 Å². The summed E-state index contributed by atoms with van der Waals surface area (Å²) in [5.74, 6) is 0.950. The van der Waals surface area contributed by atoms with Gasteiger partial charge in [-0.2, -0.15) is 0 Å². The van der Waals surface area contributed by atoms with Gasteiger partial charge in [-0.15, -0.1) is 0 Å². The molecule has 0 radical (unpaired) electrons. The Morgan fingerprint density at radius 1 is 1.06 bits per heavy atom. The third kappa shape index (κ3) is 2.67. The van der Waals surface area contributed by atoms with Gasteiger partial charge in [-0.05, 0) is 65.2 Å². The minimum absolute atomic E-state index is 0.449. The number of hydrogen-bond donors (Lipinski definition) is 0. The molecular formula is C14H12BrNO. The van der Waals surface area contributed by atoms with Gasteiger partial charge in [-0.3, -0.25) is 0 Å². The van der Waals surface area contributed by atoms with Crippen LogP contribution in [0, 0.1) is 0 Å². The molecule has 3 heteroatoms. The Morgan fingerprint density at radius 3 is 2.47 bits per heavy atom. The first-order valence-electron chi connectivity index (χ1n) is 5.71. The zero-order valence-corrected chi connectivity index (χ0v) is 10.9. The van der Waals surface area contributed by atoms with Crippen molar-refractivity contribution in [2.75, 3.05) is 0 Å². The number of halogens is 1. The Balaban J connectivity index is 1.83. The predicted molar refractivity (Wildman–Crippen MR) is 71.0 cm³/mol. The number of benzene rings is 1. The summed E-state index contributed by atoms with van der Waals surface area (Å²) in [7, 11) is 0. The van der Waals surface area contributed by atoms with Gasteiger partial charge in [0.1, 0.15) is 10.4 Å². The number of ether oxygens (including phenoxy) is 1. The van der Waals surface area contributed by atoms with Gasteiger partial charge in [0.2, 0.25) is 0 Å². The standard InChI is InChI=1S/C14H12BrNO/c15-14-3-1-2-13(16-14)10-4-6-11(7-5-10)17-12-8-9-12/h1-7,12H,8-9H2. The van der Waals surface area contributed by atoms with Crippen molar-refractivity contribution in [3.63, 3.8) is 0 Å². The van der Waals surface area contributed by atoms with E-state index in [1.165, 1.54) is 12.8 Å². The fourth-order valence-corrected chi connectivity index (χ4v) is 2.00. The maximum Gasteiger partial charge on any atom is 0.119 e. The highest BCUT2D eigenvalue weighted by Crippen LogP contribution is 2.28. The second kappa shape index (κ2) is 4.49. The number of pyridine rings is 1. The normalized spacial score (nSPS) is 14.6. The van der Waals surface area contributed by atoms with Gasteiger partial charge in [0.25, 0.3) is 0 Å². The molecule has 0 spiro atoms. The quantitative estimate of drug-likeness (QED) is 0.795. The van der Waals surface area contributed by atoms with E-state index in [-0.39, 0.29) is 0 Å². The first-order valence-corrected chi connectivity index (χ1v) is 6.50. The van der Waals surface area contributed by atoms with Crippen LogP contribution in [0.25, 0.3) is 11.3 Å². The second-order valence-corrected chi connectivity index (χ2v) is 5.00. The van der Waals surface area contributed by atoms with Gasteiger partial charge in [-0.25, -0.2) is 4.98 Å². The lowest BCUT2D eigenvalue weighted by molar-refractivity contribution is 0.303. The van der Waals surface area contributed by atoms with Crippen LogP contribution >= 0.6 is 15.9 Å². The number of aromatic nitrogens is 1. The third-order valence-corrected chi connectivity index (χ3v) is 3.13. The molecule has 2 nitrogen and oxygen atoms in total. The van der Waals surface area contributed by atoms with Gasteiger partial charge < -0.3 is 4.74 Å². The molecule has 86 valence electrons. The minimum Gasteiger partial charge on any atom is -0.490 e. The van der Waals surface area contributed by atoms with Crippen molar-refractivity contribution in [3.8, 4) is 17.0 Å². The van der Waals surface area contributed by atoms with E-state index < -0.39 is 0 Å². The Kier molecular flexibility index (Phi) is 2.85. The smallest absolute Gasteiger partial charge is 0.119 e. The van der Waals surface area contributed by atoms with Crippen molar-refractivity contribution >= 4 is 15.9 Å². The topological polar surface area (TPSA) is 22.1 Å². The van der Waals surface area contributed by atoms with Crippen molar-refractivity contribution in [3.05, 3.63) is 47.1 Å². The van der Waals surface area contributed by atoms with E-state index in [9.17, 15) is 0 Å². The van der Waals surface area contributed by atoms with E-state index in [4.69, 9.17) is 4.74 Å². The van der Waals surface area contributed by atoms with E-state index in [0.29, 0.717) is 6.10 Å². The van der Waals surface area contributed by atoms with Crippen molar-refractivity contribution in [1.82, 2.24) is 4.98 Å². The molecule has 3 rings (SSSR count). The van der Waals surface area contributed by atoms with Gasteiger partial charge >= 0.3 is 0 Å². The summed E-state index contributed by atoms with van der Waals surface area (Å²) in [4.78, 5) is 4.42. The molecule has 0 N–H and O–H groups in total. The maximum atomic E-state index is 5.71. The SMILES string of the molecule is Brc1cccc(-c2ccc(OC3CC3)cc2)n1. The van der Waals surface area contributed by atoms with Crippen LogP contribution in [0.15, 0.2) is 47.1 Å². The molecule has 0 amide bonds. The molecule has 0 bridgehead atoms. The van der Waals surface area contributed by atoms with Crippen LogP contribution in [0.5, 0.6) is 5.75 Å². The molecule has 1 aromatic heterocycles. The van der Waals surface area contributed by atoms with Gasteiger partial charge in [0.05, 0.1) is 11.8 Å². The number of rotatable bonds is 3. The number of nitrogens with zero attached hydrogens (tertiary/aromatic N) is 1. The van der Waals surface area contributed by atoms with E-state index in [0.717, 1.165) is 21.6 Å². The largest absolute Gasteiger partial charge is 0.490 e. The summed E-state index contributed by atoms with van der Waals surface area (Å²) in [5.41, 5.74) is 2.08. The summed E-state index contributed by atoms with van der Waals surface area (Å²) in [6.45, 7) is 0. The molecule has 1 heterocycles. The zero-order valence-electron chi connectivity index (χ0n) is 9.27. The first-order chi connectivity index (χ1) is 8.31. The Hall–Kier alpha value is -1.35. The fraction of sp³-hybridized carbons (Fsp3) is 0.214. The van der Waals surface area contributed by atoms with E-state index in [1.807, 2.05) is 42.5 Å². The van der Waals surface area contributed by atoms with Crippen molar-refractivity contribution < 1.29 is 4.74 Å². The molecule has 1 saturated carbocycles. The van der Waals surface area contributed by atoms with Crippen LogP contribution in [0.3, 0.4) is 0 Å². The maximum absolute atomic E-state index is 5.71. The van der Waals surface area contributed by atoms with Crippen LogP contribution in [0.4, 0.5) is 0 Å². The van der Waals surface area contributed by atoms with Crippen molar-refractivity contribution in [2.45, 2.75) is 18.9 Å². The third-order valence-electron chi connectivity index (χ3n) is 2.69. The van der Waals surface area contributed by atoms with Crippen molar-refractivity contribution in [2.24, 2.45) is 0 Å². The highest BCUT2D eigenvalue weighted by Gasteiger charge is 2.23. The Bertz CT molecular complexity index is 520. The summed E-state index contributed by atoms with van der Waals surface area (Å²) in [5, 5.41) is 0. The molecule has 1 aliphatic carbocycles. The molecular weight excluding hydrogens is 278 g/mol. The van der Waals surface area contributed by atoms with E-state index in [1.54, 1.807) is 0 Å². The van der Waals surface area contributed by atoms with Crippen LogP contribution in [-0.2, 0) is 0 Å². The Labute approximate surface area is 109 Å². The molecule has 1 fully saturated rings. The molecule has 1 aromatic carbocycles. The summed E-state index contributed by atoms with van der Waals surface area (Å²) in [6, 6.07) is 14.0. The monoisotopic (exact) mass is 289 g/mol. The summed E-state index contributed by atoms with van der Waals surface area (Å²) >= 11 is 3.38. The van der Waals surface area contributed by atoms with Gasteiger partial charge in [0.15, 0.2) is 0 Å². The lowest BCUT2D eigenvalue weighted by Crippen LogP contribution is -1.95. The fourth-order valence-electron chi connectivity index (χ4n) is 1.65. The average molecular weight is 290 g/mol. The van der Waals surface area contributed by atoms with Crippen LogP contribution in [-0.4, -0.2) is 11.1 Å². The highest BCUT2D eigenvalue weighted by molar-refractivity contribution is 9.10. The van der Waals surface area contributed by atoms with E-state index >= 15 is 0 Å². The molecule has 0 atom stereocenters. The minimum atomic E-state index is 0.449. The van der Waals surface area contributed by atoms with Crippen molar-refractivity contribution in [1.29, 1.82) is 0 Å². The zero-order chi connectivity index (χ0) is 11.7. The molecule has 2 aromatic rings. The second-order valence-electron chi connectivity index (χ2n) is 4.19. The van der Waals surface area contributed by atoms with Crippen LogP contribution < -0.4 is 4.74 Å². The molecule has 0 unspecified atom stereocenters. The molecule has 17 heavy (non-hydrogen) atoms. The lowest BCUT2D eigenvalue weighted by Gasteiger charge is -2.05. The summed E-state index contributed by atoms with van der Waals surface area (Å²) in [6.07, 6.45) is 2.83. The molecule has 1 aliphatic rings. The predicted octanol–water partition coefficient (Wildman–Crippen LogP) is 4.05. The van der Waals surface area contributed by atoms with Gasteiger partial charge in [0, 0.05) is 5.56 Å². The summed E-state index contributed by atoms with van der Waals surface area (Å²) < 4.78 is 6.57. The van der Waals surface area contributed by atoms with Gasteiger partial charge in [-0.1, -0.05) is 6.07 Å². The molecule has 0 saturated heterocycles. The Morgan fingerprint density at radius 2 is 1.82 bits per heavy atom. The van der Waals surface area contributed by atoms with Crippen LogP contribution in [0.1, 0.15) is 12.8 Å². The average Bonchev–Trinajstić information content (AvgIpc) is 3.14. The van der Waals surface area contributed by atoms with E-state index in [2.05, 4.69) is 20.9 Å². The number of hydrogen-bond acceptors (Lipinski definition) is 2. The first kappa shape index (κ1) is 10.8. The molecule has 0 aliphatic heterocycles. The highest BCUT2D eigenvalue weighted by atomic mass is 79.9.